The van der Waals surface area contributed by atoms with Crippen LogP contribution in [-0.2, 0) is 6.54 Å². The summed E-state index contributed by atoms with van der Waals surface area (Å²) in [4.78, 5) is 6.75. The number of hydrogen-bond acceptors (Lipinski definition) is 4. The van der Waals surface area contributed by atoms with Gasteiger partial charge in [-0.15, -0.1) is 0 Å². The molecule has 27 heavy (non-hydrogen) atoms. The third-order valence-corrected chi connectivity index (χ3v) is 4.57. The number of hydrogen-bond donors (Lipinski definition) is 2. The van der Waals surface area contributed by atoms with E-state index in [9.17, 15) is 0 Å². The minimum atomic E-state index is 0.273. The summed E-state index contributed by atoms with van der Waals surface area (Å²) in [5.41, 5.74) is 8.19. The Morgan fingerprint density at radius 3 is 2.67 bits per heavy atom. The number of nitrogens with two attached hydrogens (primary N) is 1. The quantitative estimate of drug-likeness (QED) is 0.606. The fraction of sp³-hybridized carbons (Fsp3) is 0.381. The minimum absolute atomic E-state index is 0.273. The van der Waals surface area contributed by atoms with Gasteiger partial charge in [-0.05, 0) is 31.7 Å². The number of rotatable bonds is 6. The molecule has 6 heteroatoms. The van der Waals surface area contributed by atoms with Crippen LogP contribution in [0, 0.1) is 0 Å². The lowest BCUT2D eigenvalue weighted by Crippen LogP contribution is -2.32. The highest BCUT2D eigenvalue weighted by molar-refractivity contribution is 5.92. The molecule has 1 heterocycles. The first-order valence-corrected chi connectivity index (χ1v) is 9.32. The van der Waals surface area contributed by atoms with Gasteiger partial charge in [0, 0.05) is 30.8 Å². The first-order chi connectivity index (χ1) is 13.1. The van der Waals surface area contributed by atoms with E-state index in [4.69, 9.17) is 15.2 Å². The number of fused-ring (bicyclic) bond motifs is 1. The van der Waals surface area contributed by atoms with Crippen molar-refractivity contribution in [1.29, 1.82) is 0 Å². The fourth-order valence-corrected chi connectivity index (χ4v) is 2.83. The standard InChI is InChI=1S/C21H28N4O2/c1-16(25(2)15-17-7-4-3-5-8-17)14-23-21(22)24-18-9-10-19-20(13-18)27-12-6-11-26-19/h3-5,7-10,13,16H,6,11-12,14-15H2,1-2H3,(H3,22,23,24). The summed E-state index contributed by atoms with van der Waals surface area (Å²) in [6, 6.07) is 16.4. The Hall–Kier alpha value is -2.73. The summed E-state index contributed by atoms with van der Waals surface area (Å²) in [7, 11) is 2.10. The molecule has 2 aromatic carbocycles. The van der Waals surface area contributed by atoms with Gasteiger partial charge in [-0.2, -0.15) is 0 Å². The van der Waals surface area contributed by atoms with E-state index in [1.807, 2.05) is 24.3 Å². The monoisotopic (exact) mass is 368 g/mol. The van der Waals surface area contributed by atoms with Crippen molar-refractivity contribution in [3.05, 3.63) is 54.1 Å². The topological polar surface area (TPSA) is 72.1 Å². The Morgan fingerprint density at radius 1 is 1.15 bits per heavy atom. The Kier molecular flexibility index (Phi) is 6.54. The summed E-state index contributed by atoms with van der Waals surface area (Å²) in [5.74, 6) is 1.90. The molecule has 144 valence electrons. The fourth-order valence-electron chi connectivity index (χ4n) is 2.83. The van der Waals surface area contributed by atoms with Gasteiger partial charge in [0.05, 0.1) is 19.8 Å². The molecule has 6 nitrogen and oxygen atoms in total. The number of anilines is 1. The highest BCUT2D eigenvalue weighted by Gasteiger charge is 2.12. The normalized spacial score (nSPS) is 15.3. The van der Waals surface area contributed by atoms with Crippen LogP contribution in [0.2, 0.25) is 0 Å². The summed E-state index contributed by atoms with van der Waals surface area (Å²) in [6.45, 7) is 4.98. The van der Waals surface area contributed by atoms with Crippen LogP contribution < -0.4 is 20.5 Å². The second kappa shape index (κ2) is 9.28. The first-order valence-electron chi connectivity index (χ1n) is 9.32. The van der Waals surface area contributed by atoms with E-state index in [0.717, 1.165) is 30.2 Å². The van der Waals surface area contributed by atoms with Crippen LogP contribution in [0.3, 0.4) is 0 Å². The Balaban J connectivity index is 1.53. The summed E-state index contributed by atoms with van der Waals surface area (Å²) in [5, 5.41) is 3.13. The second-order valence-electron chi connectivity index (χ2n) is 6.81. The average Bonchev–Trinajstić information content (AvgIpc) is 2.92. The molecule has 0 bridgehead atoms. The molecular formula is C21H28N4O2. The van der Waals surface area contributed by atoms with Crippen molar-refractivity contribution in [2.24, 2.45) is 10.7 Å². The zero-order valence-corrected chi connectivity index (χ0v) is 16.0. The number of benzene rings is 2. The SMILES string of the molecule is CC(CN=C(N)Nc1ccc2c(c1)OCCCO2)N(C)Cc1ccccc1. The Bertz CT molecular complexity index is 764. The maximum atomic E-state index is 6.06. The number of nitrogens with zero attached hydrogens (tertiary/aromatic N) is 2. The van der Waals surface area contributed by atoms with Gasteiger partial charge in [0.2, 0.25) is 0 Å². The van der Waals surface area contributed by atoms with Crippen molar-refractivity contribution in [3.8, 4) is 11.5 Å². The van der Waals surface area contributed by atoms with E-state index in [2.05, 4.69) is 53.4 Å². The number of aliphatic imine (C=N–C) groups is 1. The molecule has 1 atom stereocenters. The van der Waals surface area contributed by atoms with Crippen molar-refractivity contribution in [2.75, 3.05) is 32.1 Å². The molecule has 0 saturated carbocycles. The average molecular weight is 368 g/mol. The van der Waals surface area contributed by atoms with Crippen molar-refractivity contribution in [2.45, 2.75) is 25.9 Å². The summed E-state index contributed by atoms with van der Waals surface area (Å²) >= 11 is 0. The van der Waals surface area contributed by atoms with E-state index in [1.54, 1.807) is 0 Å². The number of nitrogens with one attached hydrogen (secondary N) is 1. The molecule has 0 fully saturated rings. The van der Waals surface area contributed by atoms with Gasteiger partial charge in [-0.25, -0.2) is 0 Å². The third-order valence-electron chi connectivity index (χ3n) is 4.57. The van der Waals surface area contributed by atoms with E-state index in [0.29, 0.717) is 25.7 Å². The van der Waals surface area contributed by atoms with Gasteiger partial charge in [0.15, 0.2) is 17.5 Å². The smallest absolute Gasteiger partial charge is 0.193 e. The highest BCUT2D eigenvalue weighted by atomic mass is 16.5. The third kappa shape index (κ3) is 5.62. The lowest BCUT2D eigenvalue weighted by atomic mass is 10.2. The number of likely N-dealkylation sites (N-methyl/N-ethyl adjacent to an activating group) is 1. The van der Waals surface area contributed by atoms with Crippen molar-refractivity contribution in [1.82, 2.24) is 4.90 Å². The van der Waals surface area contributed by atoms with Crippen molar-refractivity contribution >= 4 is 11.6 Å². The molecule has 0 radical (unpaired) electrons. The van der Waals surface area contributed by atoms with Crippen LogP contribution in [0.4, 0.5) is 5.69 Å². The lowest BCUT2D eigenvalue weighted by Gasteiger charge is -2.23. The van der Waals surface area contributed by atoms with E-state index in [1.165, 1.54) is 5.56 Å². The molecule has 2 aromatic rings. The molecule has 1 aliphatic rings. The molecule has 1 aliphatic heterocycles. The highest BCUT2D eigenvalue weighted by Crippen LogP contribution is 2.32. The van der Waals surface area contributed by atoms with E-state index in [-0.39, 0.29) is 6.04 Å². The first kappa shape index (κ1) is 19.0. The van der Waals surface area contributed by atoms with E-state index >= 15 is 0 Å². The molecule has 1 unspecified atom stereocenters. The van der Waals surface area contributed by atoms with Crippen LogP contribution in [0.1, 0.15) is 18.9 Å². The van der Waals surface area contributed by atoms with Gasteiger partial charge < -0.3 is 20.5 Å². The van der Waals surface area contributed by atoms with Crippen LogP contribution >= 0.6 is 0 Å². The maximum Gasteiger partial charge on any atom is 0.193 e. The molecule has 0 saturated heterocycles. The van der Waals surface area contributed by atoms with Crippen LogP contribution in [0.25, 0.3) is 0 Å². The van der Waals surface area contributed by atoms with Crippen molar-refractivity contribution in [3.63, 3.8) is 0 Å². The van der Waals surface area contributed by atoms with E-state index < -0.39 is 0 Å². The molecule has 0 amide bonds. The predicted molar refractivity (Wildman–Crippen MR) is 110 cm³/mol. The molecule has 3 rings (SSSR count). The molecule has 0 aromatic heterocycles. The van der Waals surface area contributed by atoms with Gasteiger partial charge in [0.1, 0.15) is 0 Å². The predicted octanol–water partition coefficient (Wildman–Crippen LogP) is 3.10. The van der Waals surface area contributed by atoms with Crippen LogP contribution in [0.15, 0.2) is 53.5 Å². The maximum absolute atomic E-state index is 6.06. The largest absolute Gasteiger partial charge is 0.490 e. The molecule has 0 spiro atoms. The Morgan fingerprint density at radius 2 is 1.89 bits per heavy atom. The van der Waals surface area contributed by atoms with Gasteiger partial charge in [-0.1, -0.05) is 30.3 Å². The zero-order chi connectivity index (χ0) is 19.1. The molecule has 3 N–H and O–H groups in total. The number of ether oxygens (including phenoxy) is 2. The van der Waals surface area contributed by atoms with Crippen LogP contribution in [0.5, 0.6) is 11.5 Å². The summed E-state index contributed by atoms with van der Waals surface area (Å²) < 4.78 is 11.3. The molecule has 0 aliphatic carbocycles. The second-order valence-corrected chi connectivity index (χ2v) is 6.81. The zero-order valence-electron chi connectivity index (χ0n) is 16.0. The van der Waals surface area contributed by atoms with Gasteiger partial charge in [0.25, 0.3) is 0 Å². The van der Waals surface area contributed by atoms with Gasteiger partial charge >= 0.3 is 0 Å². The van der Waals surface area contributed by atoms with Crippen molar-refractivity contribution < 1.29 is 9.47 Å². The Labute approximate surface area is 161 Å². The summed E-state index contributed by atoms with van der Waals surface area (Å²) in [6.07, 6.45) is 0.884. The lowest BCUT2D eigenvalue weighted by molar-refractivity contribution is 0.255. The minimum Gasteiger partial charge on any atom is -0.490 e. The number of guanidine groups is 1. The van der Waals surface area contributed by atoms with Crippen LogP contribution in [-0.4, -0.2) is 43.7 Å². The van der Waals surface area contributed by atoms with Gasteiger partial charge in [-0.3, -0.25) is 9.89 Å². The molecular weight excluding hydrogens is 340 g/mol.